The van der Waals surface area contributed by atoms with Crippen molar-refractivity contribution in [1.82, 2.24) is 4.90 Å². The van der Waals surface area contributed by atoms with E-state index in [1.807, 2.05) is 44.2 Å². The van der Waals surface area contributed by atoms with Crippen LogP contribution in [0.2, 0.25) is 0 Å². The number of hydrogen-bond donors (Lipinski definition) is 1. The fourth-order valence-electron chi connectivity index (χ4n) is 3.51. The summed E-state index contributed by atoms with van der Waals surface area (Å²) in [6.45, 7) is 7.49. The predicted molar refractivity (Wildman–Crippen MR) is 111 cm³/mol. The average molecular weight is 380 g/mol. The summed E-state index contributed by atoms with van der Waals surface area (Å²) in [5.74, 6) is -0.123. The molecular weight excluding hydrogens is 352 g/mol. The molecule has 1 aliphatic heterocycles. The molecule has 1 atom stereocenters. The number of anilines is 2. The first-order valence-electron chi connectivity index (χ1n) is 9.83. The quantitative estimate of drug-likeness (QED) is 0.778. The van der Waals surface area contributed by atoms with Crippen LogP contribution in [0.5, 0.6) is 0 Å². The normalized spacial score (nSPS) is 16.5. The lowest BCUT2D eigenvalue weighted by molar-refractivity contribution is -0.136. The Morgan fingerprint density at radius 2 is 1.86 bits per heavy atom. The third kappa shape index (κ3) is 4.71. The number of rotatable bonds is 5. The molecule has 0 spiro atoms. The fourth-order valence-corrected chi connectivity index (χ4v) is 3.51. The minimum atomic E-state index is -0.494. The lowest BCUT2D eigenvalue weighted by Crippen LogP contribution is -2.41. The van der Waals surface area contributed by atoms with Gasteiger partial charge in [0.15, 0.2) is 6.61 Å². The molecule has 2 aromatic carbocycles. The lowest BCUT2D eigenvalue weighted by Gasteiger charge is -2.30. The van der Waals surface area contributed by atoms with Gasteiger partial charge in [0.05, 0.1) is 11.3 Å². The van der Waals surface area contributed by atoms with Crippen LogP contribution < -0.4 is 5.32 Å². The highest BCUT2D eigenvalue weighted by Crippen LogP contribution is 2.25. The van der Waals surface area contributed by atoms with Gasteiger partial charge in [0.1, 0.15) is 0 Å². The van der Waals surface area contributed by atoms with E-state index in [1.165, 1.54) is 5.56 Å². The Hall–Kier alpha value is -2.82. The highest BCUT2D eigenvalue weighted by Gasteiger charge is 2.22. The number of amides is 1. The Balaban J connectivity index is 1.67. The number of aryl methyl sites for hydroxylation is 1. The van der Waals surface area contributed by atoms with Crippen molar-refractivity contribution in [3.63, 3.8) is 0 Å². The summed E-state index contributed by atoms with van der Waals surface area (Å²) in [6.07, 6.45) is 2.14. The van der Waals surface area contributed by atoms with Crippen molar-refractivity contribution in [2.24, 2.45) is 5.92 Å². The molecule has 1 aliphatic rings. The third-order valence-electron chi connectivity index (χ3n) is 5.36. The van der Waals surface area contributed by atoms with Crippen LogP contribution >= 0.6 is 0 Å². The summed E-state index contributed by atoms with van der Waals surface area (Å²) < 4.78 is 5.34. The van der Waals surface area contributed by atoms with Crippen molar-refractivity contribution in [1.29, 1.82) is 0 Å². The molecule has 1 fully saturated rings. The van der Waals surface area contributed by atoms with Gasteiger partial charge in [-0.2, -0.15) is 0 Å². The van der Waals surface area contributed by atoms with Gasteiger partial charge in [0.25, 0.3) is 5.91 Å². The fraction of sp³-hybridized carbons (Fsp3) is 0.391. The molecule has 148 valence electrons. The molecule has 0 radical (unpaired) electrons. The smallest absolute Gasteiger partial charge is 0.340 e. The van der Waals surface area contributed by atoms with Crippen molar-refractivity contribution >= 4 is 23.3 Å². The molecule has 0 aliphatic carbocycles. The molecule has 0 aromatic heterocycles. The van der Waals surface area contributed by atoms with E-state index in [1.54, 1.807) is 17.0 Å². The number of carbonyl (C=O) groups excluding carboxylic acids is 2. The summed E-state index contributed by atoms with van der Waals surface area (Å²) in [4.78, 5) is 26.8. The Bertz CT molecular complexity index is 863. The predicted octanol–water partition coefficient (Wildman–Crippen LogP) is 4.46. The monoisotopic (exact) mass is 380 g/mol. The number of para-hydroxylation sites is 1. The molecule has 5 heteroatoms. The van der Waals surface area contributed by atoms with Gasteiger partial charge in [-0.3, -0.25) is 4.79 Å². The van der Waals surface area contributed by atoms with Gasteiger partial charge in [0.2, 0.25) is 0 Å². The zero-order chi connectivity index (χ0) is 20.1. The summed E-state index contributed by atoms with van der Waals surface area (Å²) in [5, 5.41) is 3.32. The minimum absolute atomic E-state index is 0.125. The van der Waals surface area contributed by atoms with Crippen LogP contribution in [0, 0.1) is 19.8 Å². The van der Waals surface area contributed by atoms with E-state index in [2.05, 4.69) is 12.2 Å². The maximum Gasteiger partial charge on any atom is 0.340 e. The average Bonchev–Trinajstić information content (AvgIpc) is 2.70. The highest BCUT2D eigenvalue weighted by molar-refractivity contribution is 5.97. The molecule has 1 N–H and O–H groups in total. The maximum atomic E-state index is 12.6. The number of nitrogens with zero attached hydrogens (tertiary/aromatic N) is 1. The molecule has 3 rings (SSSR count). The molecule has 1 heterocycles. The van der Waals surface area contributed by atoms with Gasteiger partial charge in [0, 0.05) is 18.8 Å². The van der Waals surface area contributed by atoms with Crippen molar-refractivity contribution in [2.75, 3.05) is 25.0 Å². The lowest BCUT2D eigenvalue weighted by atomic mass is 10.0. The highest BCUT2D eigenvalue weighted by atomic mass is 16.5. The van der Waals surface area contributed by atoms with Crippen LogP contribution in [0.1, 0.15) is 41.3 Å². The standard InChI is InChI=1S/C23H28N2O3/c1-16-8-7-13-25(14-16)22(26)15-28-23(27)19-10-4-5-11-21(19)24-20-12-6-9-17(2)18(20)3/h4-6,9-12,16,24H,7-8,13-15H2,1-3H3/t16-/m1/s1. The molecule has 0 saturated carbocycles. The van der Waals surface area contributed by atoms with Gasteiger partial charge in [-0.1, -0.05) is 31.2 Å². The van der Waals surface area contributed by atoms with E-state index in [9.17, 15) is 9.59 Å². The molecule has 0 bridgehead atoms. The number of esters is 1. The first-order chi connectivity index (χ1) is 13.5. The van der Waals surface area contributed by atoms with Crippen molar-refractivity contribution in [2.45, 2.75) is 33.6 Å². The topological polar surface area (TPSA) is 58.6 Å². The number of nitrogens with one attached hydrogen (secondary N) is 1. The zero-order valence-electron chi connectivity index (χ0n) is 16.8. The van der Waals surface area contributed by atoms with Crippen LogP contribution in [0.4, 0.5) is 11.4 Å². The third-order valence-corrected chi connectivity index (χ3v) is 5.36. The summed E-state index contributed by atoms with van der Waals surface area (Å²) in [6, 6.07) is 13.2. The number of ether oxygens (including phenoxy) is 1. The number of hydrogen-bond acceptors (Lipinski definition) is 4. The SMILES string of the molecule is Cc1cccc(Nc2ccccc2C(=O)OCC(=O)N2CCC[C@@H](C)C2)c1C. The largest absolute Gasteiger partial charge is 0.452 e. The van der Waals surface area contributed by atoms with Gasteiger partial charge in [-0.05, 0) is 61.9 Å². The molecule has 5 nitrogen and oxygen atoms in total. The zero-order valence-corrected chi connectivity index (χ0v) is 16.8. The van der Waals surface area contributed by atoms with Gasteiger partial charge >= 0.3 is 5.97 Å². The molecule has 0 unspecified atom stereocenters. The number of carbonyl (C=O) groups is 2. The maximum absolute atomic E-state index is 12.6. The van der Waals surface area contributed by atoms with E-state index in [-0.39, 0.29) is 12.5 Å². The second kappa shape index (κ2) is 8.91. The van der Waals surface area contributed by atoms with Crippen molar-refractivity contribution < 1.29 is 14.3 Å². The van der Waals surface area contributed by atoms with Gasteiger partial charge in [-0.15, -0.1) is 0 Å². The van der Waals surface area contributed by atoms with Crippen LogP contribution in [0.15, 0.2) is 42.5 Å². The van der Waals surface area contributed by atoms with E-state index < -0.39 is 5.97 Å². The summed E-state index contributed by atoms with van der Waals surface area (Å²) >= 11 is 0. The second-order valence-corrected chi connectivity index (χ2v) is 7.58. The molecule has 1 amide bonds. The molecule has 1 saturated heterocycles. The van der Waals surface area contributed by atoms with Crippen molar-refractivity contribution in [3.05, 3.63) is 59.2 Å². The van der Waals surface area contributed by atoms with E-state index in [0.29, 0.717) is 17.2 Å². The van der Waals surface area contributed by atoms with E-state index in [4.69, 9.17) is 4.74 Å². The minimum Gasteiger partial charge on any atom is -0.452 e. The Labute approximate surface area is 166 Å². The van der Waals surface area contributed by atoms with Crippen molar-refractivity contribution in [3.8, 4) is 0 Å². The molecule has 28 heavy (non-hydrogen) atoms. The first-order valence-corrected chi connectivity index (χ1v) is 9.83. The van der Waals surface area contributed by atoms with E-state index >= 15 is 0 Å². The Morgan fingerprint density at radius 3 is 2.64 bits per heavy atom. The second-order valence-electron chi connectivity index (χ2n) is 7.58. The molecular formula is C23H28N2O3. The van der Waals surface area contributed by atoms with Crippen LogP contribution in [0.25, 0.3) is 0 Å². The number of benzene rings is 2. The Kier molecular flexibility index (Phi) is 6.34. The Morgan fingerprint density at radius 1 is 1.11 bits per heavy atom. The molecule has 2 aromatic rings. The first kappa shape index (κ1) is 19.9. The summed E-state index contributed by atoms with van der Waals surface area (Å²) in [5.41, 5.74) is 4.33. The van der Waals surface area contributed by atoms with Crippen LogP contribution in [-0.2, 0) is 9.53 Å². The number of piperidine rings is 1. The summed E-state index contributed by atoms with van der Waals surface area (Å²) in [7, 11) is 0. The van der Waals surface area contributed by atoms with Crippen LogP contribution in [0.3, 0.4) is 0 Å². The van der Waals surface area contributed by atoms with E-state index in [0.717, 1.165) is 37.2 Å². The van der Waals surface area contributed by atoms with Crippen LogP contribution in [-0.4, -0.2) is 36.5 Å². The van der Waals surface area contributed by atoms with Gasteiger partial charge < -0.3 is 15.0 Å². The number of likely N-dealkylation sites (tertiary alicyclic amines) is 1. The van der Waals surface area contributed by atoms with Gasteiger partial charge in [-0.25, -0.2) is 4.79 Å².